The van der Waals surface area contributed by atoms with E-state index in [0.29, 0.717) is 0 Å². The van der Waals surface area contributed by atoms with Gasteiger partial charge in [-0.3, -0.25) is 4.18 Å². The van der Waals surface area contributed by atoms with Crippen LogP contribution in [0.4, 0.5) is 0 Å². The molecule has 32 heavy (non-hydrogen) atoms. The van der Waals surface area contributed by atoms with Crippen LogP contribution in [0.15, 0.2) is 78.2 Å². The zero-order chi connectivity index (χ0) is 22.6. The monoisotopic (exact) mass is 486 g/mol. The third-order valence-corrected chi connectivity index (χ3v) is 6.33. The molecule has 0 amide bonds. The Hall–Kier alpha value is -0.650. The summed E-state index contributed by atoms with van der Waals surface area (Å²) in [5, 5.41) is 0. The van der Waals surface area contributed by atoms with Crippen LogP contribution in [0.2, 0.25) is 0 Å². The quantitative estimate of drug-likeness (QED) is 0.120. The van der Waals surface area contributed by atoms with Crippen LogP contribution < -0.4 is 0 Å². The van der Waals surface area contributed by atoms with Gasteiger partial charge in [0.1, 0.15) is 0 Å². The van der Waals surface area contributed by atoms with E-state index in [4.69, 9.17) is 0 Å². The van der Waals surface area contributed by atoms with Gasteiger partial charge in [0.2, 0.25) is 0 Å². The minimum atomic E-state index is -3.59. The van der Waals surface area contributed by atoms with E-state index < -0.39 is 10.1 Å². The van der Waals surface area contributed by atoms with Gasteiger partial charge in [0.05, 0.1) is 11.5 Å². The molecule has 0 fully saturated rings. The number of benzene rings is 2. The summed E-state index contributed by atoms with van der Waals surface area (Å²) < 4.78 is 27.3. The SMILES string of the molecule is C=CCOS(=O)(=O)c1ccccc1.CCCCCCCCCCCCc1ccccc1.[CaH2]. The first-order valence-corrected chi connectivity index (χ1v) is 13.1. The number of hydrogen-bond acceptors (Lipinski definition) is 3. The van der Waals surface area contributed by atoms with Crippen molar-refractivity contribution >= 4 is 47.9 Å². The van der Waals surface area contributed by atoms with Crippen molar-refractivity contribution < 1.29 is 12.6 Å². The second-order valence-electron chi connectivity index (χ2n) is 7.76. The van der Waals surface area contributed by atoms with Crippen LogP contribution in [0.3, 0.4) is 0 Å². The van der Waals surface area contributed by atoms with Crippen LogP contribution in [0.25, 0.3) is 0 Å². The Kier molecular flexibility index (Phi) is 20.5. The summed E-state index contributed by atoms with van der Waals surface area (Å²) in [4.78, 5) is 0.164. The van der Waals surface area contributed by atoms with Crippen molar-refractivity contribution in [1.29, 1.82) is 0 Å². The fourth-order valence-corrected chi connectivity index (χ4v) is 4.16. The maximum absolute atomic E-state index is 11.3. The van der Waals surface area contributed by atoms with Gasteiger partial charge >= 0.3 is 37.7 Å². The van der Waals surface area contributed by atoms with Crippen LogP contribution in [0.5, 0.6) is 0 Å². The van der Waals surface area contributed by atoms with Crippen molar-refractivity contribution in [1.82, 2.24) is 0 Å². The second kappa shape index (κ2) is 20.9. The molecule has 0 unspecified atom stereocenters. The van der Waals surface area contributed by atoms with E-state index in [-0.39, 0.29) is 49.2 Å². The van der Waals surface area contributed by atoms with Gasteiger partial charge in [-0.25, -0.2) is 0 Å². The first kappa shape index (κ1) is 31.3. The van der Waals surface area contributed by atoms with Gasteiger partial charge in [-0.2, -0.15) is 8.42 Å². The molecule has 0 aliphatic carbocycles. The van der Waals surface area contributed by atoms with Gasteiger partial charge in [0, 0.05) is 0 Å². The molecule has 0 heterocycles. The van der Waals surface area contributed by atoms with E-state index in [9.17, 15) is 8.42 Å². The van der Waals surface area contributed by atoms with Gasteiger partial charge in [-0.1, -0.05) is 119 Å². The normalized spacial score (nSPS) is 10.5. The van der Waals surface area contributed by atoms with Crippen LogP contribution >= 0.6 is 0 Å². The average Bonchev–Trinajstić information content (AvgIpc) is 2.81. The number of hydrogen-bond donors (Lipinski definition) is 0. The first-order chi connectivity index (χ1) is 15.1. The molecule has 2 rings (SSSR count). The molecule has 3 nitrogen and oxygen atoms in total. The molecule has 0 spiro atoms. The molecule has 176 valence electrons. The summed E-state index contributed by atoms with van der Waals surface area (Å²) in [6, 6.07) is 18.9. The Bertz CT molecular complexity index is 777. The number of aryl methyl sites for hydroxylation is 1. The summed E-state index contributed by atoms with van der Waals surface area (Å²) in [5.74, 6) is 0. The molecule has 0 N–H and O–H groups in total. The summed E-state index contributed by atoms with van der Waals surface area (Å²) in [6.45, 7) is 5.65. The summed E-state index contributed by atoms with van der Waals surface area (Å²) in [7, 11) is -3.59. The third-order valence-electron chi connectivity index (χ3n) is 5.03. The molecule has 0 radical (unpaired) electrons. The summed E-state index contributed by atoms with van der Waals surface area (Å²) in [6.07, 6.45) is 16.9. The van der Waals surface area contributed by atoms with E-state index in [1.54, 1.807) is 18.2 Å². The Labute approximate surface area is 226 Å². The van der Waals surface area contributed by atoms with E-state index in [1.807, 2.05) is 0 Å². The molecule has 0 saturated carbocycles. The molecule has 2 aromatic rings. The summed E-state index contributed by atoms with van der Waals surface area (Å²) in [5.41, 5.74) is 1.50. The number of rotatable bonds is 15. The zero-order valence-electron chi connectivity index (χ0n) is 19.2. The van der Waals surface area contributed by atoms with Crippen LogP contribution in [0.1, 0.15) is 76.7 Å². The van der Waals surface area contributed by atoms with Gasteiger partial charge < -0.3 is 0 Å². The predicted octanol–water partition coefficient (Wildman–Crippen LogP) is 6.81. The van der Waals surface area contributed by atoms with Gasteiger partial charge in [-0.15, -0.1) is 6.58 Å². The second-order valence-corrected chi connectivity index (χ2v) is 9.37. The Balaban J connectivity index is 0.000000611. The van der Waals surface area contributed by atoms with E-state index in [2.05, 4.69) is 48.0 Å². The molecule has 2 aromatic carbocycles. The minimum absolute atomic E-state index is 0. The molecular formula is C27H42CaO3S. The first-order valence-electron chi connectivity index (χ1n) is 11.7. The fraction of sp³-hybridized carbons (Fsp3) is 0.481. The molecule has 5 heteroatoms. The molecule has 0 saturated heterocycles. The standard InChI is InChI=1S/C18H30.C9H10O3S.Ca.2H/c1-2-3-4-5-6-7-8-9-10-12-15-18-16-13-11-14-17-18;1-2-8-12-13(10,11)9-6-4-3-5-7-9;;;/h11,13-14,16-17H,2-10,12,15H2,1H3;2-7H,1,8H2;;;. The predicted molar refractivity (Wildman–Crippen MR) is 140 cm³/mol. The van der Waals surface area contributed by atoms with Crippen molar-refractivity contribution in [2.45, 2.75) is 82.4 Å². The average molecular weight is 487 g/mol. The van der Waals surface area contributed by atoms with E-state index in [0.717, 1.165) is 0 Å². The molecule has 0 aliphatic heterocycles. The van der Waals surface area contributed by atoms with Crippen molar-refractivity contribution in [3.8, 4) is 0 Å². The van der Waals surface area contributed by atoms with Gasteiger partial charge in [0.15, 0.2) is 0 Å². The zero-order valence-corrected chi connectivity index (χ0v) is 20.0. The molecule has 0 bridgehead atoms. The van der Waals surface area contributed by atoms with Gasteiger partial charge in [0.25, 0.3) is 10.1 Å². The Morgan fingerprint density at radius 3 is 1.72 bits per heavy atom. The third kappa shape index (κ3) is 16.0. The topological polar surface area (TPSA) is 43.4 Å². The van der Waals surface area contributed by atoms with E-state index in [1.165, 1.54) is 94.4 Å². The Morgan fingerprint density at radius 2 is 1.22 bits per heavy atom. The number of unbranched alkanes of at least 4 members (excludes halogenated alkanes) is 9. The van der Waals surface area contributed by atoms with Crippen molar-refractivity contribution in [3.05, 3.63) is 78.9 Å². The molecule has 0 atom stereocenters. The summed E-state index contributed by atoms with van der Waals surface area (Å²) >= 11 is 0. The maximum atomic E-state index is 11.3. The fourth-order valence-electron chi connectivity index (χ4n) is 3.25. The van der Waals surface area contributed by atoms with Gasteiger partial charge in [-0.05, 0) is 30.5 Å². The van der Waals surface area contributed by atoms with Crippen molar-refractivity contribution in [2.75, 3.05) is 6.61 Å². The molecule has 0 aliphatic rings. The molecular weight excluding hydrogens is 444 g/mol. The Morgan fingerprint density at radius 1 is 0.750 bits per heavy atom. The van der Waals surface area contributed by atoms with Crippen LogP contribution in [-0.4, -0.2) is 52.8 Å². The van der Waals surface area contributed by atoms with Crippen LogP contribution in [0, 0.1) is 0 Å². The van der Waals surface area contributed by atoms with E-state index >= 15 is 0 Å². The van der Waals surface area contributed by atoms with Crippen molar-refractivity contribution in [3.63, 3.8) is 0 Å². The van der Waals surface area contributed by atoms with Crippen molar-refractivity contribution in [2.24, 2.45) is 0 Å². The van der Waals surface area contributed by atoms with Crippen LogP contribution in [-0.2, 0) is 20.7 Å². The molecule has 0 aromatic heterocycles.